The van der Waals surface area contributed by atoms with Crippen LogP contribution in [0.1, 0.15) is 20.7 Å². The summed E-state index contributed by atoms with van der Waals surface area (Å²) in [6, 6.07) is 6.11. The molecule has 0 aliphatic carbocycles. The highest BCUT2D eigenvalue weighted by molar-refractivity contribution is 6.31. The summed E-state index contributed by atoms with van der Waals surface area (Å²) in [5.74, 6) is -1.34. The second kappa shape index (κ2) is 5.13. The fourth-order valence-corrected chi connectivity index (χ4v) is 2.75. The van der Waals surface area contributed by atoms with Crippen LogP contribution in [0.25, 0.3) is 5.69 Å². The summed E-state index contributed by atoms with van der Waals surface area (Å²) < 4.78 is 1.18. The zero-order valence-electron chi connectivity index (χ0n) is 12.4. The molecule has 1 aliphatic rings. The zero-order chi connectivity index (χ0) is 16.9. The minimum Gasteiger partial charge on any atom is -0.384 e. The quantitative estimate of drug-likeness (QED) is 0.800. The van der Waals surface area contributed by atoms with Crippen molar-refractivity contribution in [3.8, 4) is 5.69 Å². The molecule has 23 heavy (non-hydrogen) atoms. The first-order valence-corrected chi connectivity index (χ1v) is 7.07. The van der Waals surface area contributed by atoms with E-state index < -0.39 is 17.4 Å². The van der Waals surface area contributed by atoms with Crippen molar-refractivity contribution in [1.29, 1.82) is 0 Å². The molecule has 118 valence electrons. The van der Waals surface area contributed by atoms with E-state index in [1.807, 2.05) is 0 Å². The molecule has 0 bridgehead atoms. The number of hydrogen-bond acceptors (Lipinski definition) is 5. The maximum Gasteiger partial charge on any atom is 0.262 e. The average Bonchev–Trinajstić information content (AvgIpc) is 2.73. The van der Waals surface area contributed by atoms with E-state index in [0.29, 0.717) is 16.4 Å². The summed E-state index contributed by atoms with van der Waals surface area (Å²) in [6.45, 7) is 0. The SMILES string of the molecule is CN(C)c1ccc(Cl)cc1-n1c(N)c2c(cc1=O)C(=O)NC2=O. The topological polar surface area (TPSA) is 97.4 Å². The van der Waals surface area contributed by atoms with E-state index in [1.165, 1.54) is 4.57 Å². The molecule has 0 fully saturated rings. The van der Waals surface area contributed by atoms with Gasteiger partial charge in [0.2, 0.25) is 0 Å². The lowest BCUT2D eigenvalue weighted by molar-refractivity contribution is 0.0880. The Balaban J connectivity index is 2.38. The first-order valence-electron chi connectivity index (χ1n) is 6.69. The molecule has 1 aliphatic heterocycles. The van der Waals surface area contributed by atoms with Gasteiger partial charge in [-0.25, -0.2) is 0 Å². The van der Waals surface area contributed by atoms with Crippen LogP contribution in [0.3, 0.4) is 0 Å². The second-order valence-electron chi connectivity index (χ2n) is 5.30. The van der Waals surface area contributed by atoms with Crippen LogP contribution in [0.5, 0.6) is 0 Å². The van der Waals surface area contributed by atoms with Gasteiger partial charge in [-0.15, -0.1) is 0 Å². The molecular formula is C15H13ClN4O3. The van der Waals surface area contributed by atoms with E-state index in [1.54, 1.807) is 37.2 Å². The van der Waals surface area contributed by atoms with E-state index in [-0.39, 0.29) is 16.9 Å². The fourth-order valence-electron chi connectivity index (χ4n) is 2.58. The molecule has 2 amide bonds. The summed E-state index contributed by atoms with van der Waals surface area (Å²) >= 11 is 6.04. The highest BCUT2D eigenvalue weighted by Gasteiger charge is 2.32. The molecule has 1 aromatic heterocycles. The first kappa shape index (κ1) is 15.1. The molecule has 7 nitrogen and oxygen atoms in total. The molecule has 0 unspecified atom stereocenters. The number of pyridine rings is 1. The molecule has 0 radical (unpaired) electrons. The molecule has 2 aromatic rings. The number of anilines is 2. The van der Waals surface area contributed by atoms with Crippen molar-refractivity contribution >= 4 is 34.9 Å². The monoisotopic (exact) mass is 332 g/mol. The number of rotatable bonds is 2. The summed E-state index contributed by atoms with van der Waals surface area (Å²) in [5.41, 5.74) is 6.62. The Morgan fingerprint density at radius 2 is 1.83 bits per heavy atom. The number of nitrogens with two attached hydrogens (primary N) is 1. The third-order valence-corrected chi connectivity index (χ3v) is 3.85. The number of amides is 2. The number of carbonyl (C=O) groups excluding carboxylic acids is 2. The van der Waals surface area contributed by atoms with Crippen LogP contribution in [0.2, 0.25) is 5.02 Å². The third kappa shape index (κ3) is 2.25. The van der Waals surface area contributed by atoms with E-state index in [0.717, 1.165) is 6.07 Å². The smallest absolute Gasteiger partial charge is 0.262 e. The van der Waals surface area contributed by atoms with Gasteiger partial charge in [0, 0.05) is 25.2 Å². The van der Waals surface area contributed by atoms with Crippen LogP contribution in [-0.4, -0.2) is 30.5 Å². The lowest BCUT2D eigenvalue weighted by atomic mass is 10.1. The minimum absolute atomic E-state index is 0.000665. The van der Waals surface area contributed by atoms with Crippen LogP contribution in [0, 0.1) is 0 Å². The Kier molecular flexibility index (Phi) is 3.37. The van der Waals surface area contributed by atoms with Crippen molar-refractivity contribution in [2.45, 2.75) is 0 Å². The number of nitrogen functional groups attached to an aromatic ring is 1. The summed E-state index contributed by atoms with van der Waals surface area (Å²) in [5, 5.41) is 2.55. The van der Waals surface area contributed by atoms with Crippen LogP contribution in [0.15, 0.2) is 29.1 Å². The number of nitrogens with one attached hydrogen (secondary N) is 1. The van der Waals surface area contributed by atoms with Gasteiger partial charge >= 0.3 is 0 Å². The molecule has 0 spiro atoms. The molecule has 3 rings (SSSR count). The number of hydrogen-bond donors (Lipinski definition) is 2. The van der Waals surface area contributed by atoms with E-state index in [2.05, 4.69) is 5.32 Å². The lowest BCUT2D eigenvalue weighted by Crippen LogP contribution is -2.25. The molecular weight excluding hydrogens is 320 g/mol. The predicted molar refractivity (Wildman–Crippen MR) is 87.6 cm³/mol. The Bertz CT molecular complexity index is 918. The van der Waals surface area contributed by atoms with Crippen molar-refractivity contribution in [2.24, 2.45) is 0 Å². The predicted octanol–water partition coefficient (Wildman–Crippen LogP) is 1.02. The number of fused-ring (bicyclic) bond motifs is 1. The van der Waals surface area contributed by atoms with Gasteiger partial charge in [-0.1, -0.05) is 11.6 Å². The maximum atomic E-state index is 12.5. The van der Waals surface area contributed by atoms with Gasteiger partial charge in [0.1, 0.15) is 5.82 Å². The molecule has 0 saturated carbocycles. The van der Waals surface area contributed by atoms with Gasteiger partial charge in [0.25, 0.3) is 17.4 Å². The van der Waals surface area contributed by atoms with Crippen LogP contribution in [0.4, 0.5) is 11.5 Å². The highest BCUT2D eigenvalue weighted by Crippen LogP contribution is 2.29. The summed E-state index contributed by atoms with van der Waals surface area (Å²) in [4.78, 5) is 37.9. The molecule has 3 N–H and O–H groups in total. The van der Waals surface area contributed by atoms with Crippen LogP contribution >= 0.6 is 11.6 Å². The van der Waals surface area contributed by atoms with Gasteiger partial charge in [-0.3, -0.25) is 24.3 Å². The Morgan fingerprint density at radius 1 is 1.13 bits per heavy atom. The second-order valence-corrected chi connectivity index (χ2v) is 5.74. The number of nitrogens with zero attached hydrogens (tertiary/aromatic N) is 2. The standard InChI is InChI=1S/C15H13ClN4O3/c1-19(2)9-4-3-7(16)5-10(9)20-11(21)6-8-12(13(20)17)15(23)18-14(8)22/h3-6H,17H2,1-2H3,(H,18,22,23). The largest absolute Gasteiger partial charge is 0.384 e. The number of aromatic nitrogens is 1. The molecule has 0 saturated heterocycles. The van der Waals surface area contributed by atoms with E-state index in [4.69, 9.17) is 17.3 Å². The number of imide groups is 1. The Morgan fingerprint density at radius 3 is 2.48 bits per heavy atom. The van der Waals surface area contributed by atoms with Crippen molar-refractivity contribution in [2.75, 3.05) is 24.7 Å². The lowest BCUT2D eigenvalue weighted by Gasteiger charge is -2.20. The van der Waals surface area contributed by atoms with Gasteiger partial charge in [-0.2, -0.15) is 0 Å². The number of benzene rings is 1. The van der Waals surface area contributed by atoms with Crippen molar-refractivity contribution in [1.82, 2.24) is 9.88 Å². The van der Waals surface area contributed by atoms with Gasteiger partial charge < -0.3 is 10.6 Å². The average molecular weight is 333 g/mol. The first-order chi connectivity index (χ1) is 10.8. The summed E-state index contributed by atoms with van der Waals surface area (Å²) in [7, 11) is 3.61. The van der Waals surface area contributed by atoms with Crippen molar-refractivity contribution in [3.63, 3.8) is 0 Å². The maximum absolute atomic E-state index is 12.5. The molecule has 2 heterocycles. The van der Waals surface area contributed by atoms with Crippen LogP contribution in [-0.2, 0) is 0 Å². The zero-order valence-corrected chi connectivity index (χ0v) is 13.1. The highest BCUT2D eigenvalue weighted by atomic mass is 35.5. The normalized spacial score (nSPS) is 13.0. The fraction of sp³-hybridized carbons (Fsp3) is 0.133. The number of carbonyl (C=O) groups is 2. The Labute approximate surface area is 136 Å². The third-order valence-electron chi connectivity index (χ3n) is 3.61. The minimum atomic E-state index is -0.625. The van der Waals surface area contributed by atoms with E-state index in [9.17, 15) is 14.4 Å². The van der Waals surface area contributed by atoms with E-state index >= 15 is 0 Å². The van der Waals surface area contributed by atoms with Gasteiger partial charge in [0.05, 0.1) is 22.5 Å². The van der Waals surface area contributed by atoms with Crippen LogP contribution < -0.4 is 21.5 Å². The molecule has 1 aromatic carbocycles. The van der Waals surface area contributed by atoms with Gasteiger partial charge in [0.15, 0.2) is 0 Å². The summed E-state index contributed by atoms with van der Waals surface area (Å²) in [6.07, 6.45) is 0. The molecule has 8 heteroatoms. The Hall–Kier alpha value is -2.80. The van der Waals surface area contributed by atoms with Gasteiger partial charge in [-0.05, 0) is 18.2 Å². The molecule has 0 atom stereocenters. The van der Waals surface area contributed by atoms with Crippen molar-refractivity contribution in [3.05, 3.63) is 50.8 Å². The number of halogens is 1. The van der Waals surface area contributed by atoms with Crippen molar-refractivity contribution < 1.29 is 9.59 Å².